The molecule has 2 heterocycles. The zero-order chi connectivity index (χ0) is 27.3. The molecule has 0 amide bonds. The monoisotopic (exact) mass is 530 g/mol. The van der Waals surface area contributed by atoms with Crippen molar-refractivity contribution in [3.05, 3.63) is 65.1 Å². The molecule has 0 unspecified atom stereocenters. The highest BCUT2D eigenvalue weighted by atomic mass is 19.1. The average molecular weight is 531 g/mol. The van der Waals surface area contributed by atoms with E-state index in [1.165, 1.54) is 5.56 Å². The smallest absolute Gasteiger partial charge is 0.303 e. The molecule has 0 aliphatic carbocycles. The lowest BCUT2D eigenvalue weighted by Crippen LogP contribution is -2.42. The minimum absolute atomic E-state index is 0.0449. The number of carboxylic acid groups (broad SMARTS) is 1. The maximum absolute atomic E-state index is 13.8. The van der Waals surface area contributed by atoms with Crippen LogP contribution < -0.4 is 9.47 Å². The molecule has 0 bridgehead atoms. The van der Waals surface area contributed by atoms with E-state index in [-0.39, 0.29) is 18.4 Å². The van der Waals surface area contributed by atoms with E-state index in [2.05, 4.69) is 9.88 Å². The number of aromatic nitrogens is 1. The standard InChI is InChI=1S/C29H33F3N2O4/c1-19-18-33-26-6-5-21(37-2)16-23(26)22(19)4-3-7-29(17-27(35)36)8-10-34(11-9-29)12-13-38-28-24(31)14-20(30)15-25(28)32/h5-6,14-16,18H,3-4,7-13,17H2,1-2H3,(H,35,36). The summed E-state index contributed by atoms with van der Waals surface area (Å²) in [5, 5.41) is 10.7. The van der Waals surface area contributed by atoms with Crippen LogP contribution in [0.15, 0.2) is 36.5 Å². The molecule has 2 aromatic carbocycles. The van der Waals surface area contributed by atoms with E-state index in [0.29, 0.717) is 44.6 Å². The largest absolute Gasteiger partial charge is 0.497 e. The third-order valence-electron chi connectivity index (χ3n) is 7.60. The zero-order valence-corrected chi connectivity index (χ0v) is 21.7. The lowest BCUT2D eigenvalue weighted by atomic mass is 9.72. The van der Waals surface area contributed by atoms with Crippen LogP contribution in [0.25, 0.3) is 10.9 Å². The molecule has 0 saturated carbocycles. The van der Waals surface area contributed by atoms with Crippen molar-refractivity contribution in [2.45, 2.75) is 45.4 Å². The first-order chi connectivity index (χ1) is 18.2. The number of aryl methyl sites for hydroxylation is 2. The van der Waals surface area contributed by atoms with Crippen LogP contribution in [-0.2, 0) is 11.2 Å². The van der Waals surface area contributed by atoms with Gasteiger partial charge in [-0.2, -0.15) is 0 Å². The van der Waals surface area contributed by atoms with Gasteiger partial charge in [0, 0.05) is 30.3 Å². The molecule has 3 aromatic rings. The maximum atomic E-state index is 13.8. The predicted octanol–water partition coefficient (Wildman–Crippen LogP) is 5.93. The number of methoxy groups -OCH3 is 1. The summed E-state index contributed by atoms with van der Waals surface area (Å²) < 4.78 is 51.4. The van der Waals surface area contributed by atoms with Crippen LogP contribution in [0.3, 0.4) is 0 Å². The van der Waals surface area contributed by atoms with Crippen molar-refractivity contribution in [3.63, 3.8) is 0 Å². The molecule has 4 rings (SSSR count). The summed E-state index contributed by atoms with van der Waals surface area (Å²) in [5.41, 5.74) is 2.89. The fourth-order valence-electron chi connectivity index (χ4n) is 5.46. The van der Waals surface area contributed by atoms with Crippen LogP contribution in [0.4, 0.5) is 13.2 Å². The lowest BCUT2D eigenvalue weighted by molar-refractivity contribution is -0.140. The fourth-order valence-corrected chi connectivity index (χ4v) is 5.46. The Morgan fingerprint density at radius 1 is 1.13 bits per heavy atom. The van der Waals surface area contributed by atoms with Gasteiger partial charge in [-0.05, 0) is 86.9 Å². The number of benzene rings is 2. The van der Waals surface area contributed by atoms with E-state index in [1.54, 1.807) is 7.11 Å². The van der Waals surface area contributed by atoms with Gasteiger partial charge < -0.3 is 14.6 Å². The van der Waals surface area contributed by atoms with Crippen molar-refractivity contribution in [3.8, 4) is 11.5 Å². The third-order valence-corrected chi connectivity index (χ3v) is 7.60. The molecule has 0 atom stereocenters. The van der Waals surface area contributed by atoms with Crippen molar-refractivity contribution in [1.82, 2.24) is 9.88 Å². The van der Waals surface area contributed by atoms with E-state index in [4.69, 9.17) is 9.47 Å². The Labute approximate surface area is 220 Å². The fraction of sp³-hybridized carbons (Fsp3) is 0.448. The number of carboxylic acids is 1. The Kier molecular flexibility index (Phi) is 8.76. The van der Waals surface area contributed by atoms with Crippen LogP contribution in [-0.4, -0.2) is 54.3 Å². The van der Waals surface area contributed by atoms with Crippen LogP contribution >= 0.6 is 0 Å². The molecular weight excluding hydrogens is 497 g/mol. The first-order valence-electron chi connectivity index (χ1n) is 12.8. The van der Waals surface area contributed by atoms with E-state index in [1.807, 2.05) is 31.3 Å². The van der Waals surface area contributed by atoms with Gasteiger partial charge in [-0.1, -0.05) is 0 Å². The van der Waals surface area contributed by atoms with Crippen LogP contribution in [0.5, 0.6) is 11.5 Å². The van der Waals surface area contributed by atoms with Gasteiger partial charge >= 0.3 is 5.97 Å². The Morgan fingerprint density at radius 3 is 2.50 bits per heavy atom. The van der Waals surface area contributed by atoms with Gasteiger partial charge in [0.2, 0.25) is 0 Å². The quantitative estimate of drug-likeness (QED) is 0.332. The summed E-state index contributed by atoms with van der Waals surface area (Å²) >= 11 is 0. The second kappa shape index (κ2) is 12.0. The number of ether oxygens (including phenoxy) is 2. The summed E-state index contributed by atoms with van der Waals surface area (Å²) in [5.74, 6) is -3.76. The van der Waals surface area contributed by atoms with Crippen molar-refractivity contribution < 1.29 is 32.5 Å². The molecule has 0 spiro atoms. The molecule has 204 valence electrons. The Hall–Kier alpha value is -3.33. The van der Waals surface area contributed by atoms with Gasteiger partial charge in [0.1, 0.15) is 18.2 Å². The van der Waals surface area contributed by atoms with Crippen molar-refractivity contribution in [2.24, 2.45) is 5.41 Å². The first-order valence-corrected chi connectivity index (χ1v) is 12.8. The molecule has 1 saturated heterocycles. The number of piperidine rings is 1. The lowest BCUT2D eigenvalue weighted by Gasteiger charge is -2.41. The second-order valence-corrected chi connectivity index (χ2v) is 10.1. The summed E-state index contributed by atoms with van der Waals surface area (Å²) in [6, 6.07) is 7.02. The topological polar surface area (TPSA) is 71.9 Å². The van der Waals surface area contributed by atoms with Crippen molar-refractivity contribution in [1.29, 1.82) is 0 Å². The molecule has 9 heteroatoms. The highest BCUT2D eigenvalue weighted by molar-refractivity contribution is 5.84. The molecule has 0 radical (unpaired) electrons. The summed E-state index contributed by atoms with van der Waals surface area (Å²) in [6.07, 6.45) is 5.84. The zero-order valence-electron chi connectivity index (χ0n) is 21.7. The SMILES string of the molecule is COc1ccc2ncc(C)c(CCCC3(CC(=O)O)CCN(CCOc4c(F)cc(F)cc4F)CC3)c2c1. The number of carbonyl (C=O) groups is 1. The molecule has 38 heavy (non-hydrogen) atoms. The molecule has 1 aliphatic heterocycles. The third kappa shape index (κ3) is 6.56. The molecule has 1 aromatic heterocycles. The highest BCUT2D eigenvalue weighted by Gasteiger charge is 2.36. The number of halogens is 3. The Balaban J connectivity index is 1.35. The van der Waals surface area contributed by atoms with Gasteiger partial charge in [-0.15, -0.1) is 0 Å². The number of rotatable bonds is 11. The summed E-state index contributed by atoms with van der Waals surface area (Å²) in [4.78, 5) is 18.4. The number of nitrogens with zero attached hydrogens (tertiary/aromatic N) is 2. The minimum atomic E-state index is -1.07. The van der Waals surface area contributed by atoms with Gasteiger partial charge in [0.15, 0.2) is 17.4 Å². The molecule has 1 fully saturated rings. The molecule has 1 aliphatic rings. The van der Waals surface area contributed by atoms with Gasteiger partial charge in [-0.3, -0.25) is 14.7 Å². The van der Waals surface area contributed by atoms with Crippen LogP contribution in [0, 0.1) is 29.8 Å². The number of hydrogen-bond donors (Lipinski definition) is 1. The predicted molar refractivity (Wildman–Crippen MR) is 138 cm³/mol. The number of pyridine rings is 1. The second-order valence-electron chi connectivity index (χ2n) is 10.1. The molecule has 1 N–H and O–H groups in total. The van der Waals surface area contributed by atoms with Crippen molar-refractivity contribution in [2.75, 3.05) is 33.4 Å². The summed E-state index contributed by atoms with van der Waals surface area (Å²) in [7, 11) is 1.64. The normalized spacial score (nSPS) is 15.5. The van der Waals surface area contributed by atoms with Gasteiger partial charge in [0.25, 0.3) is 0 Å². The Morgan fingerprint density at radius 2 is 1.84 bits per heavy atom. The van der Waals surface area contributed by atoms with Crippen LogP contribution in [0.2, 0.25) is 0 Å². The highest BCUT2D eigenvalue weighted by Crippen LogP contribution is 2.40. The van der Waals surface area contributed by atoms with Gasteiger partial charge in [0.05, 0.1) is 19.0 Å². The van der Waals surface area contributed by atoms with Crippen LogP contribution in [0.1, 0.15) is 43.2 Å². The average Bonchev–Trinajstić information content (AvgIpc) is 2.87. The van der Waals surface area contributed by atoms with E-state index in [9.17, 15) is 23.1 Å². The van der Waals surface area contributed by atoms with Gasteiger partial charge in [-0.25, -0.2) is 13.2 Å². The van der Waals surface area contributed by atoms with E-state index in [0.717, 1.165) is 41.5 Å². The maximum Gasteiger partial charge on any atom is 0.303 e. The number of aliphatic carboxylic acids is 1. The summed E-state index contributed by atoms with van der Waals surface area (Å²) in [6.45, 7) is 3.85. The first kappa shape index (κ1) is 27.7. The van der Waals surface area contributed by atoms with E-state index >= 15 is 0 Å². The number of fused-ring (bicyclic) bond motifs is 1. The van der Waals surface area contributed by atoms with Crippen molar-refractivity contribution >= 4 is 16.9 Å². The van der Waals surface area contributed by atoms with E-state index < -0.39 is 29.2 Å². The molecular formula is C29H33F3N2O4. The number of likely N-dealkylation sites (tertiary alicyclic amines) is 1. The number of hydrogen-bond acceptors (Lipinski definition) is 5. The Bertz CT molecular complexity index is 1270. The minimum Gasteiger partial charge on any atom is -0.497 e. The molecule has 6 nitrogen and oxygen atoms in total.